The summed E-state index contributed by atoms with van der Waals surface area (Å²) < 4.78 is 8.24. The summed E-state index contributed by atoms with van der Waals surface area (Å²) in [6, 6.07) is 0. The smallest absolute Gasteiger partial charge is 0.349 e. The zero-order chi connectivity index (χ0) is 18.2. The lowest BCUT2D eigenvalue weighted by atomic mass is 10.2. The molecule has 0 aliphatic heterocycles. The van der Waals surface area contributed by atoms with Crippen molar-refractivity contribution in [2.45, 2.75) is 66.7 Å². The fraction of sp³-hybridized carbons (Fsp3) is 0.588. The number of thiophene rings is 1. The van der Waals surface area contributed by atoms with Gasteiger partial charge in [0.1, 0.15) is 15.3 Å². The minimum Gasteiger partial charge on any atom is -0.456 e. The van der Waals surface area contributed by atoms with Crippen LogP contribution in [0.5, 0.6) is 0 Å². The van der Waals surface area contributed by atoms with Crippen molar-refractivity contribution in [1.29, 1.82) is 0 Å². The number of rotatable bonds is 4. The van der Waals surface area contributed by atoms with Crippen LogP contribution in [0.15, 0.2) is 9.59 Å². The number of carbonyl (C=O) groups is 1. The fourth-order valence-electron chi connectivity index (χ4n) is 2.61. The molecule has 2 aromatic rings. The highest BCUT2D eigenvalue weighted by molar-refractivity contribution is 7.20. The zero-order valence-electron chi connectivity index (χ0n) is 15.1. The second kappa shape index (κ2) is 6.55. The van der Waals surface area contributed by atoms with E-state index in [4.69, 9.17) is 4.74 Å². The first kappa shape index (κ1) is 18.4. The fourth-order valence-corrected chi connectivity index (χ4v) is 3.85. The molecule has 0 bridgehead atoms. The number of aryl methyl sites for hydroxylation is 2. The van der Waals surface area contributed by atoms with E-state index in [1.807, 2.05) is 13.8 Å². The van der Waals surface area contributed by atoms with Crippen molar-refractivity contribution in [1.82, 2.24) is 9.13 Å². The molecule has 2 aromatic heterocycles. The van der Waals surface area contributed by atoms with Crippen LogP contribution in [0.4, 0.5) is 0 Å². The maximum absolute atomic E-state index is 12.8. The molecule has 0 atom stereocenters. The molecule has 0 spiro atoms. The van der Waals surface area contributed by atoms with E-state index in [0.717, 1.165) is 11.3 Å². The van der Waals surface area contributed by atoms with Crippen molar-refractivity contribution < 1.29 is 9.53 Å². The van der Waals surface area contributed by atoms with Gasteiger partial charge in [-0.15, -0.1) is 11.3 Å². The summed E-state index contributed by atoms with van der Waals surface area (Å²) in [6.45, 7) is 11.7. The molecule has 132 valence electrons. The number of ether oxygens (including phenoxy) is 1. The van der Waals surface area contributed by atoms with E-state index in [0.29, 0.717) is 40.2 Å². The summed E-state index contributed by atoms with van der Waals surface area (Å²) in [5.41, 5.74) is -0.688. The average Bonchev–Trinajstić information content (AvgIpc) is 2.80. The predicted molar refractivity (Wildman–Crippen MR) is 96.2 cm³/mol. The summed E-state index contributed by atoms with van der Waals surface area (Å²) in [7, 11) is 0. The van der Waals surface area contributed by atoms with Gasteiger partial charge in [0.25, 0.3) is 5.56 Å². The summed E-state index contributed by atoms with van der Waals surface area (Å²) in [4.78, 5) is 38.7. The van der Waals surface area contributed by atoms with Gasteiger partial charge in [0.05, 0.1) is 5.39 Å². The van der Waals surface area contributed by atoms with Crippen molar-refractivity contribution in [2.24, 2.45) is 0 Å². The van der Waals surface area contributed by atoms with Crippen LogP contribution in [0.2, 0.25) is 0 Å². The van der Waals surface area contributed by atoms with Crippen LogP contribution in [0.25, 0.3) is 10.2 Å². The summed E-state index contributed by atoms with van der Waals surface area (Å²) in [5.74, 6) is -0.460. The van der Waals surface area contributed by atoms with E-state index >= 15 is 0 Å². The first-order chi connectivity index (χ1) is 11.1. The molecule has 2 rings (SSSR count). The summed E-state index contributed by atoms with van der Waals surface area (Å²) in [6.07, 6.45) is 0.687. The van der Waals surface area contributed by atoms with Crippen molar-refractivity contribution in [3.8, 4) is 0 Å². The van der Waals surface area contributed by atoms with Crippen molar-refractivity contribution in [2.75, 3.05) is 0 Å². The van der Waals surface area contributed by atoms with Crippen LogP contribution in [0.1, 0.15) is 56.3 Å². The Kier molecular flexibility index (Phi) is 5.03. The molecule has 0 aliphatic rings. The molecule has 0 fully saturated rings. The molecule has 7 heteroatoms. The first-order valence-corrected chi connectivity index (χ1v) is 8.94. The van der Waals surface area contributed by atoms with E-state index in [1.165, 1.54) is 4.57 Å². The Labute approximate surface area is 144 Å². The Balaban J connectivity index is 2.79. The standard InChI is InChI=1S/C17H24N2O4S/c1-7-9-19-13(20)11-10(3)12(15(21)23-17(4,5)6)24-14(11)18(8-2)16(19)22/h7-9H2,1-6H3. The Bertz CT molecular complexity index is 896. The van der Waals surface area contributed by atoms with E-state index in [9.17, 15) is 14.4 Å². The average molecular weight is 352 g/mol. The van der Waals surface area contributed by atoms with Crippen LogP contribution in [-0.4, -0.2) is 20.7 Å². The van der Waals surface area contributed by atoms with Crippen LogP contribution in [0.3, 0.4) is 0 Å². The van der Waals surface area contributed by atoms with E-state index in [-0.39, 0.29) is 11.2 Å². The molecule has 24 heavy (non-hydrogen) atoms. The minimum absolute atomic E-state index is 0.325. The monoisotopic (exact) mass is 352 g/mol. The van der Waals surface area contributed by atoms with Gasteiger partial charge in [-0.2, -0.15) is 0 Å². The molecule has 0 radical (unpaired) electrons. The lowest BCUT2D eigenvalue weighted by Gasteiger charge is -2.19. The number of fused-ring (bicyclic) bond motifs is 1. The van der Waals surface area contributed by atoms with Gasteiger partial charge in [0, 0.05) is 13.1 Å². The third-order valence-electron chi connectivity index (χ3n) is 3.64. The van der Waals surface area contributed by atoms with Gasteiger partial charge < -0.3 is 4.74 Å². The lowest BCUT2D eigenvalue weighted by molar-refractivity contribution is 0.00746. The molecule has 2 heterocycles. The molecule has 0 unspecified atom stereocenters. The van der Waals surface area contributed by atoms with Gasteiger partial charge in [0.15, 0.2) is 0 Å². The number of esters is 1. The Morgan fingerprint density at radius 3 is 2.29 bits per heavy atom. The topological polar surface area (TPSA) is 70.3 Å². The minimum atomic E-state index is -0.619. The van der Waals surface area contributed by atoms with Gasteiger partial charge in [-0.25, -0.2) is 9.59 Å². The highest BCUT2D eigenvalue weighted by Crippen LogP contribution is 2.29. The van der Waals surface area contributed by atoms with Crippen molar-refractivity contribution >= 4 is 27.5 Å². The third-order valence-corrected chi connectivity index (χ3v) is 4.94. The number of nitrogens with zero attached hydrogens (tertiary/aromatic N) is 2. The molecular weight excluding hydrogens is 328 g/mol. The Morgan fingerprint density at radius 2 is 1.79 bits per heavy atom. The molecule has 0 amide bonds. The Hall–Kier alpha value is -1.89. The second-order valence-corrected chi connectivity index (χ2v) is 7.72. The number of carbonyl (C=O) groups excluding carboxylic acids is 1. The van der Waals surface area contributed by atoms with E-state index in [1.54, 1.807) is 32.3 Å². The maximum Gasteiger partial charge on any atom is 0.349 e. The highest BCUT2D eigenvalue weighted by Gasteiger charge is 2.26. The third kappa shape index (κ3) is 3.17. The van der Waals surface area contributed by atoms with Crippen molar-refractivity contribution in [3.05, 3.63) is 31.3 Å². The molecule has 0 aliphatic carbocycles. The SMILES string of the molecule is CCCn1c(=O)c2c(C)c(C(=O)OC(C)(C)C)sc2n(CC)c1=O. The molecule has 6 nitrogen and oxygen atoms in total. The van der Waals surface area contributed by atoms with E-state index in [2.05, 4.69) is 0 Å². The van der Waals surface area contributed by atoms with Gasteiger partial charge in [-0.1, -0.05) is 6.92 Å². The van der Waals surface area contributed by atoms with Gasteiger partial charge in [-0.05, 0) is 46.6 Å². The number of hydrogen-bond donors (Lipinski definition) is 0. The van der Waals surface area contributed by atoms with Crippen LogP contribution in [-0.2, 0) is 17.8 Å². The highest BCUT2D eigenvalue weighted by atomic mass is 32.1. The summed E-state index contributed by atoms with van der Waals surface area (Å²) in [5, 5.41) is 0.441. The lowest BCUT2D eigenvalue weighted by Crippen LogP contribution is -2.39. The second-order valence-electron chi connectivity index (χ2n) is 6.72. The van der Waals surface area contributed by atoms with Crippen molar-refractivity contribution in [3.63, 3.8) is 0 Å². The number of aromatic nitrogens is 2. The van der Waals surface area contributed by atoms with Gasteiger partial charge in [-0.3, -0.25) is 13.9 Å². The van der Waals surface area contributed by atoms with Gasteiger partial charge >= 0.3 is 11.7 Å². The molecule has 0 aromatic carbocycles. The molecule has 0 saturated carbocycles. The molecule has 0 saturated heterocycles. The molecular formula is C17H24N2O4S. The normalized spacial score (nSPS) is 11.9. The van der Waals surface area contributed by atoms with Crippen LogP contribution in [0, 0.1) is 6.92 Å². The van der Waals surface area contributed by atoms with Gasteiger partial charge in [0.2, 0.25) is 0 Å². The first-order valence-electron chi connectivity index (χ1n) is 8.12. The van der Waals surface area contributed by atoms with Crippen LogP contribution < -0.4 is 11.2 Å². The van der Waals surface area contributed by atoms with E-state index < -0.39 is 11.6 Å². The quantitative estimate of drug-likeness (QED) is 0.793. The summed E-state index contributed by atoms with van der Waals surface area (Å²) >= 11 is 1.15. The zero-order valence-corrected chi connectivity index (χ0v) is 15.9. The largest absolute Gasteiger partial charge is 0.456 e. The number of hydrogen-bond acceptors (Lipinski definition) is 5. The Morgan fingerprint density at radius 1 is 1.17 bits per heavy atom. The molecule has 0 N–H and O–H groups in total. The predicted octanol–water partition coefficient (Wildman–Crippen LogP) is 2.92. The van der Waals surface area contributed by atoms with Crippen LogP contribution >= 0.6 is 11.3 Å². The maximum atomic E-state index is 12.8.